The van der Waals surface area contributed by atoms with Crippen LogP contribution >= 0.6 is 11.3 Å². The molecule has 1 aliphatic rings. The largest absolute Gasteiger partial charge is 0.478 e. The number of carboxylic acids is 1. The lowest BCUT2D eigenvalue weighted by Crippen LogP contribution is -2.15. The molecule has 1 aromatic heterocycles. The highest BCUT2D eigenvalue weighted by atomic mass is 32.1. The van der Waals surface area contributed by atoms with Crippen molar-refractivity contribution in [3.8, 4) is 0 Å². The van der Waals surface area contributed by atoms with E-state index in [-0.39, 0.29) is 0 Å². The monoisotopic (exact) mass is 274 g/mol. The van der Waals surface area contributed by atoms with Crippen LogP contribution in [0.15, 0.2) is 23.6 Å². The van der Waals surface area contributed by atoms with Crippen molar-refractivity contribution in [1.29, 1.82) is 0 Å². The topological polar surface area (TPSA) is 53.4 Å². The second kappa shape index (κ2) is 4.75. The van der Waals surface area contributed by atoms with E-state index >= 15 is 0 Å². The first-order chi connectivity index (χ1) is 9.11. The Morgan fingerprint density at radius 2 is 2.21 bits per heavy atom. The van der Waals surface area contributed by atoms with E-state index < -0.39 is 5.97 Å². The Kier molecular flexibility index (Phi) is 3.08. The molecule has 1 aliphatic heterocycles. The molecule has 5 heteroatoms. The van der Waals surface area contributed by atoms with Crippen molar-refractivity contribution in [1.82, 2.24) is 9.88 Å². The molecule has 0 fully saturated rings. The molecule has 0 spiro atoms. The van der Waals surface area contributed by atoms with Gasteiger partial charge in [-0.2, -0.15) is 0 Å². The predicted molar refractivity (Wildman–Crippen MR) is 73.2 cm³/mol. The summed E-state index contributed by atoms with van der Waals surface area (Å²) >= 11 is 1.66. The normalized spacial score (nSPS) is 14.6. The third-order valence-electron chi connectivity index (χ3n) is 3.29. The summed E-state index contributed by atoms with van der Waals surface area (Å²) in [7, 11) is 0. The smallest absolute Gasteiger partial charge is 0.335 e. The van der Waals surface area contributed by atoms with Crippen LogP contribution in [0, 0.1) is 6.92 Å². The number of nitrogens with zero attached hydrogens (tertiary/aromatic N) is 2. The lowest BCUT2D eigenvalue weighted by Gasteiger charge is -2.12. The highest BCUT2D eigenvalue weighted by Crippen LogP contribution is 2.25. The van der Waals surface area contributed by atoms with E-state index in [4.69, 9.17) is 5.11 Å². The molecule has 4 nitrogen and oxygen atoms in total. The van der Waals surface area contributed by atoms with Crippen LogP contribution in [0.25, 0.3) is 0 Å². The molecule has 98 valence electrons. The van der Waals surface area contributed by atoms with Gasteiger partial charge in [0.2, 0.25) is 0 Å². The minimum absolute atomic E-state index is 0.366. The number of hydrogen-bond donors (Lipinski definition) is 1. The fourth-order valence-corrected chi connectivity index (χ4v) is 3.02. The van der Waals surface area contributed by atoms with Gasteiger partial charge in [0.1, 0.15) is 0 Å². The summed E-state index contributed by atoms with van der Waals surface area (Å²) < 4.78 is 0. The van der Waals surface area contributed by atoms with Crippen LogP contribution in [-0.2, 0) is 19.6 Å². The van der Waals surface area contributed by atoms with Crippen LogP contribution < -0.4 is 0 Å². The summed E-state index contributed by atoms with van der Waals surface area (Å²) in [6, 6.07) is 5.38. The number of fused-ring (bicyclic) bond motifs is 1. The maximum absolute atomic E-state index is 11.0. The molecule has 0 aliphatic carbocycles. The van der Waals surface area contributed by atoms with E-state index in [2.05, 4.69) is 15.3 Å². The van der Waals surface area contributed by atoms with Gasteiger partial charge in [-0.25, -0.2) is 9.78 Å². The SMILES string of the molecule is Cc1nc(CN2Cc3ccc(C(=O)O)cc3C2)cs1. The van der Waals surface area contributed by atoms with Crippen molar-refractivity contribution < 1.29 is 9.90 Å². The van der Waals surface area contributed by atoms with Crippen molar-refractivity contribution in [3.05, 3.63) is 51.0 Å². The Morgan fingerprint density at radius 1 is 1.42 bits per heavy atom. The van der Waals surface area contributed by atoms with Gasteiger partial charge in [-0.1, -0.05) is 6.07 Å². The zero-order valence-corrected chi connectivity index (χ0v) is 11.4. The third-order valence-corrected chi connectivity index (χ3v) is 4.12. The first kappa shape index (κ1) is 12.3. The second-order valence-corrected chi connectivity index (χ2v) is 5.85. The van der Waals surface area contributed by atoms with Gasteiger partial charge in [-0.3, -0.25) is 4.90 Å². The van der Waals surface area contributed by atoms with Gasteiger partial charge in [0.25, 0.3) is 0 Å². The molecule has 0 radical (unpaired) electrons. The van der Waals surface area contributed by atoms with Gasteiger partial charge in [-0.05, 0) is 30.2 Å². The molecule has 2 aromatic rings. The molecule has 0 amide bonds. The molecule has 3 rings (SSSR count). The highest BCUT2D eigenvalue weighted by molar-refractivity contribution is 7.09. The number of benzene rings is 1. The number of thiazole rings is 1. The van der Waals surface area contributed by atoms with Crippen LogP contribution in [0.4, 0.5) is 0 Å². The molecule has 19 heavy (non-hydrogen) atoms. The summed E-state index contributed by atoms with van der Waals surface area (Å²) in [4.78, 5) is 17.7. The average molecular weight is 274 g/mol. The van der Waals surface area contributed by atoms with Crippen molar-refractivity contribution in [3.63, 3.8) is 0 Å². The molecular formula is C14H14N2O2S. The first-order valence-corrected chi connectivity index (χ1v) is 6.98. The number of aryl methyl sites for hydroxylation is 1. The summed E-state index contributed by atoms with van der Waals surface area (Å²) in [5, 5.41) is 12.2. The van der Waals surface area contributed by atoms with E-state index in [9.17, 15) is 4.79 Å². The minimum Gasteiger partial charge on any atom is -0.478 e. The zero-order valence-electron chi connectivity index (χ0n) is 10.6. The van der Waals surface area contributed by atoms with E-state index in [1.807, 2.05) is 13.0 Å². The van der Waals surface area contributed by atoms with Crippen LogP contribution in [0.5, 0.6) is 0 Å². The quantitative estimate of drug-likeness (QED) is 0.935. The maximum Gasteiger partial charge on any atom is 0.335 e. The van der Waals surface area contributed by atoms with Gasteiger partial charge in [-0.15, -0.1) is 11.3 Å². The van der Waals surface area contributed by atoms with Crippen molar-refractivity contribution >= 4 is 17.3 Å². The molecule has 0 unspecified atom stereocenters. The lowest BCUT2D eigenvalue weighted by atomic mass is 10.1. The summed E-state index contributed by atoms with van der Waals surface area (Å²) in [6.07, 6.45) is 0. The van der Waals surface area contributed by atoms with Crippen LogP contribution in [0.3, 0.4) is 0 Å². The number of rotatable bonds is 3. The van der Waals surface area contributed by atoms with Gasteiger partial charge in [0, 0.05) is 25.0 Å². The van der Waals surface area contributed by atoms with Crippen LogP contribution in [0.1, 0.15) is 32.2 Å². The number of aromatic carboxylic acids is 1. The third kappa shape index (κ3) is 2.52. The summed E-state index contributed by atoms with van der Waals surface area (Å²) in [5.41, 5.74) is 3.79. The van der Waals surface area contributed by atoms with Gasteiger partial charge in [0.05, 0.1) is 16.3 Å². The molecule has 1 aromatic carbocycles. The molecule has 0 saturated carbocycles. The van der Waals surface area contributed by atoms with E-state index in [0.29, 0.717) is 5.56 Å². The Bertz CT molecular complexity index is 636. The number of aromatic nitrogens is 1. The standard InChI is InChI=1S/C14H14N2O2S/c1-9-15-13(8-19-9)7-16-5-11-3-2-10(14(17)18)4-12(11)6-16/h2-4,8H,5-7H2,1H3,(H,17,18). The first-order valence-electron chi connectivity index (χ1n) is 6.10. The highest BCUT2D eigenvalue weighted by Gasteiger charge is 2.20. The van der Waals surface area contributed by atoms with Crippen molar-refractivity contribution in [2.75, 3.05) is 0 Å². The maximum atomic E-state index is 11.0. The Morgan fingerprint density at radius 3 is 2.89 bits per heavy atom. The predicted octanol–water partition coefficient (Wildman–Crippen LogP) is 2.67. The number of hydrogen-bond acceptors (Lipinski definition) is 4. The average Bonchev–Trinajstić information content (AvgIpc) is 2.94. The van der Waals surface area contributed by atoms with E-state index in [1.54, 1.807) is 23.5 Å². The fourth-order valence-electron chi connectivity index (χ4n) is 2.42. The number of carboxylic acid groups (broad SMARTS) is 1. The van der Waals surface area contributed by atoms with Crippen LogP contribution in [-0.4, -0.2) is 21.0 Å². The van der Waals surface area contributed by atoms with E-state index in [0.717, 1.165) is 35.9 Å². The summed E-state index contributed by atoms with van der Waals surface area (Å²) in [5.74, 6) is -0.864. The molecule has 1 N–H and O–H groups in total. The van der Waals surface area contributed by atoms with Gasteiger partial charge >= 0.3 is 5.97 Å². The fraction of sp³-hybridized carbons (Fsp3) is 0.286. The minimum atomic E-state index is -0.864. The van der Waals surface area contributed by atoms with Crippen LogP contribution in [0.2, 0.25) is 0 Å². The molecule has 2 heterocycles. The lowest BCUT2D eigenvalue weighted by molar-refractivity contribution is 0.0696. The number of carbonyl (C=O) groups is 1. The van der Waals surface area contributed by atoms with E-state index in [1.165, 1.54) is 5.56 Å². The summed E-state index contributed by atoms with van der Waals surface area (Å²) in [6.45, 7) is 4.49. The van der Waals surface area contributed by atoms with Crippen molar-refractivity contribution in [2.45, 2.75) is 26.6 Å². The Balaban J connectivity index is 1.75. The molecule has 0 bridgehead atoms. The second-order valence-electron chi connectivity index (χ2n) is 4.79. The Hall–Kier alpha value is -1.72. The zero-order chi connectivity index (χ0) is 13.4. The van der Waals surface area contributed by atoms with Gasteiger partial charge in [0.15, 0.2) is 0 Å². The molecule has 0 saturated heterocycles. The molecule has 0 atom stereocenters. The molecular weight excluding hydrogens is 260 g/mol. The van der Waals surface area contributed by atoms with Gasteiger partial charge < -0.3 is 5.11 Å². The van der Waals surface area contributed by atoms with Crippen molar-refractivity contribution in [2.24, 2.45) is 0 Å². The Labute approximate surface area is 115 Å².